The van der Waals surface area contributed by atoms with Crippen LogP contribution in [0.5, 0.6) is 0 Å². The van der Waals surface area contributed by atoms with E-state index in [1.54, 1.807) is 11.9 Å². The lowest BCUT2D eigenvalue weighted by molar-refractivity contribution is -0.148. The van der Waals surface area contributed by atoms with Gasteiger partial charge in [-0.3, -0.25) is 9.59 Å². The number of likely N-dealkylation sites (N-methyl/N-ethyl adjacent to an activating group) is 1. The zero-order chi connectivity index (χ0) is 23.3. The molecule has 4 unspecified atom stereocenters. The molecule has 0 spiro atoms. The minimum Gasteiger partial charge on any atom is -0.464 e. The largest absolute Gasteiger partial charge is 0.464 e. The first-order chi connectivity index (χ1) is 15.4. The van der Waals surface area contributed by atoms with Crippen molar-refractivity contribution in [1.82, 2.24) is 21.1 Å². The Morgan fingerprint density at radius 2 is 2.06 bits per heavy atom. The number of amidine groups is 1. The van der Waals surface area contributed by atoms with Gasteiger partial charge in [-0.15, -0.1) is 0 Å². The SMILES string of the molecule is CCCNCC(=O)N(C)CCCOC(=O)C1CC2CC(CC/C(N)=N/NN)CCC2CN1. The molecule has 1 saturated carbocycles. The van der Waals surface area contributed by atoms with E-state index in [-0.39, 0.29) is 17.9 Å². The molecule has 2 aliphatic rings. The Balaban J connectivity index is 1.66. The molecule has 7 N–H and O–H groups in total. The highest BCUT2D eigenvalue weighted by molar-refractivity contribution is 5.80. The van der Waals surface area contributed by atoms with Crippen molar-refractivity contribution in [3.05, 3.63) is 0 Å². The van der Waals surface area contributed by atoms with Gasteiger partial charge in [-0.1, -0.05) is 13.3 Å². The molecule has 0 aromatic carbocycles. The minimum absolute atomic E-state index is 0.0592. The number of carbonyl (C=O) groups is 2. The zero-order valence-electron chi connectivity index (χ0n) is 19.8. The summed E-state index contributed by atoms with van der Waals surface area (Å²) < 4.78 is 5.52. The first-order valence-electron chi connectivity index (χ1n) is 12.1. The number of esters is 1. The second-order valence-electron chi connectivity index (χ2n) is 9.18. The van der Waals surface area contributed by atoms with Crippen LogP contribution in [0.2, 0.25) is 0 Å². The maximum Gasteiger partial charge on any atom is 0.323 e. The Morgan fingerprint density at radius 3 is 2.81 bits per heavy atom. The van der Waals surface area contributed by atoms with E-state index in [1.165, 1.54) is 12.8 Å². The number of nitrogens with two attached hydrogens (primary N) is 2. The van der Waals surface area contributed by atoms with Crippen molar-refractivity contribution in [1.29, 1.82) is 0 Å². The van der Waals surface area contributed by atoms with Crippen LogP contribution in [0.25, 0.3) is 0 Å². The van der Waals surface area contributed by atoms with Crippen molar-refractivity contribution < 1.29 is 14.3 Å². The third-order valence-electron chi connectivity index (χ3n) is 6.73. The van der Waals surface area contributed by atoms with Gasteiger partial charge in [-0.05, 0) is 69.4 Å². The topological polar surface area (TPSA) is 147 Å². The molecule has 1 aliphatic heterocycles. The van der Waals surface area contributed by atoms with Gasteiger partial charge >= 0.3 is 5.97 Å². The van der Waals surface area contributed by atoms with Gasteiger partial charge in [-0.2, -0.15) is 5.10 Å². The standard InChI is InChI=1S/C22H43N7O3/c1-3-9-25-15-21(30)29(2)10-4-11-32-22(31)19-13-18-12-16(5-7-17(18)14-26-19)6-8-20(23)27-28-24/h16-19,25-26,28H,3-15,24H2,1-2H3,(H2,23,27). The number of nitrogens with one attached hydrogen (secondary N) is 3. The third kappa shape index (κ3) is 8.91. The molecule has 2 fully saturated rings. The molecular formula is C22H43N7O3. The number of hydrogen-bond donors (Lipinski definition) is 5. The van der Waals surface area contributed by atoms with Gasteiger partial charge in [0.1, 0.15) is 11.9 Å². The minimum atomic E-state index is -0.235. The Kier molecular flexibility index (Phi) is 11.8. The van der Waals surface area contributed by atoms with E-state index in [4.69, 9.17) is 16.3 Å². The lowest BCUT2D eigenvalue weighted by Gasteiger charge is -2.42. The maximum absolute atomic E-state index is 12.6. The van der Waals surface area contributed by atoms with Gasteiger partial charge < -0.3 is 26.0 Å². The molecule has 4 atom stereocenters. The normalized spacial score (nSPS) is 25.7. The Bertz CT molecular complexity index is 616. The van der Waals surface area contributed by atoms with E-state index in [0.717, 1.165) is 45.2 Å². The molecule has 0 bridgehead atoms. The number of hydrazine groups is 1. The molecule has 2 rings (SSSR count). The number of ether oxygens (including phenoxy) is 1. The molecule has 1 amide bonds. The number of hydrazone groups is 1. The summed E-state index contributed by atoms with van der Waals surface area (Å²) in [4.78, 5) is 26.2. The fourth-order valence-corrected chi connectivity index (χ4v) is 4.80. The summed E-state index contributed by atoms with van der Waals surface area (Å²) >= 11 is 0. The van der Waals surface area contributed by atoms with Crippen LogP contribution in [-0.4, -0.2) is 68.5 Å². The van der Waals surface area contributed by atoms with E-state index in [0.29, 0.717) is 49.7 Å². The average Bonchev–Trinajstić information content (AvgIpc) is 2.79. The molecule has 1 aliphatic carbocycles. The number of carbonyl (C=O) groups excluding carboxylic acids is 2. The Labute approximate surface area is 192 Å². The van der Waals surface area contributed by atoms with Gasteiger partial charge in [0.15, 0.2) is 0 Å². The van der Waals surface area contributed by atoms with E-state index >= 15 is 0 Å². The fourth-order valence-electron chi connectivity index (χ4n) is 4.80. The summed E-state index contributed by atoms with van der Waals surface area (Å²) in [5.74, 6) is 7.38. The molecule has 1 heterocycles. The monoisotopic (exact) mass is 453 g/mol. The quantitative estimate of drug-likeness (QED) is 0.0667. The van der Waals surface area contributed by atoms with Crippen molar-refractivity contribution >= 4 is 17.7 Å². The first-order valence-corrected chi connectivity index (χ1v) is 12.1. The van der Waals surface area contributed by atoms with E-state index in [1.807, 2.05) is 0 Å². The summed E-state index contributed by atoms with van der Waals surface area (Å²) in [5.41, 5.74) is 8.07. The number of rotatable bonds is 13. The summed E-state index contributed by atoms with van der Waals surface area (Å²) in [6.45, 7) is 5.04. The Hall–Kier alpha value is -1.91. The number of fused-ring (bicyclic) bond motifs is 1. The van der Waals surface area contributed by atoms with Crippen molar-refractivity contribution in [2.24, 2.45) is 34.4 Å². The third-order valence-corrected chi connectivity index (χ3v) is 6.73. The average molecular weight is 454 g/mol. The van der Waals surface area contributed by atoms with Crippen LogP contribution in [0.4, 0.5) is 0 Å². The van der Waals surface area contributed by atoms with Gasteiger partial charge in [0.25, 0.3) is 0 Å². The number of amides is 1. The van der Waals surface area contributed by atoms with Crippen molar-refractivity contribution in [2.75, 3.05) is 39.8 Å². The molecule has 10 heteroatoms. The predicted octanol–water partition coefficient (Wildman–Crippen LogP) is 0.288. The fraction of sp³-hybridized carbons (Fsp3) is 0.864. The van der Waals surface area contributed by atoms with Crippen LogP contribution in [0.15, 0.2) is 5.10 Å². The predicted molar refractivity (Wildman–Crippen MR) is 125 cm³/mol. The first kappa shape index (κ1) is 26.3. The van der Waals surface area contributed by atoms with Crippen LogP contribution < -0.4 is 27.7 Å². The molecule has 1 saturated heterocycles. The van der Waals surface area contributed by atoms with Crippen molar-refractivity contribution in [3.63, 3.8) is 0 Å². The van der Waals surface area contributed by atoms with Gasteiger partial charge in [0.2, 0.25) is 5.91 Å². The molecular weight excluding hydrogens is 410 g/mol. The second kappa shape index (κ2) is 14.3. The van der Waals surface area contributed by atoms with Crippen LogP contribution in [-0.2, 0) is 14.3 Å². The number of piperidine rings is 1. The molecule has 10 nitrogen and oxygen atoms in total. The van der Waals surface area contributed by atoms with Gasteiger partial charge in [0, 0.05) is 20.0 Å². The smallest absolute Gasteiger partial charge is 0.323 e. The van der Waals surface area contributed by atoms with Crippen LogP contribution in [0.3, 0.4) is 0 Å². The maximum atomic E-state index is 12.6. The number of hydrogen-bond acceptors (Lipinski definition) is 8. The van der Waals surface area contributed by atoms with E-state index in [2.05, 4.69) is 28.2 Å². The summed E-state index contributed by atoms with van der Waals surface area (Å²) in [5, 5.41) is 10.3. The van der Waals surface area contributed by atoms with Crippen molar-refractivity contribution in [2.45, 2.75) is 64.3 Å². The van der Waals surface area contributed by atoms with E-state index in [9.17, 15) is 9.59 Å². The molecule has 184 valence electrons. The molecule has 32 heavy (non-hydrogen) atoms. The summed E-state index contributed by atoms with van der Waals surface area (Å²) in [7, 11) is 1.78. The molecule has 0 aromatic rings. The van der Waals surface area contributed by atoms with Crippen LogP contribution in [0, 0.1) is 17.8 Å². The lowest BCUT2D eigenvalue weighted by Crippen LogP contribution is -2.50. The van der Waals surface area contributed by atoms with Gasteiger partial charge in [0.05, 0.1) is 13.2 Å². The van der Waals surface area contributed by atoms with E-state index < -0.39 is 0 Å². The highest BCUT2D eigenvalue weighted by Crippen LogP contribution is 2.40. The highest BCUT2D eigenvalue weighted by Gasteiger charge is 2.38. The lowest BCUT2D eigenvalue weighted by atomic mass is 9.69. The molecule has 0 radical (unpaired) electrons. The second-order valence-corrected chi connectivity index (χ2v) is 9.18. The highest BCUT2D eigenvalue weighted by atomic mass is 16.5. The summed E-state index contributed by atoms with van der Waals surface area (Å²) in [6.07, 6.45) is 7.72. The zero-order valence-corrected chi connectivity index (χ0v) is 19.8. The van der Waals surface area contributed by atoms with Crippen LogP contribution >= 0.6 is 0 Å². The summed E-state index contributed by atoms with van der Waals surface area (Å²) in [6, 6.07) is -0.235. The van der Waals surface area contributed by atoms with Crippen molar-refractivity contribution in [3.8, 4) is 0 Å². The molecule has 0 aromatic heterocycles. The number of nitrogens with zero attached hydrogens (tertiary/aromatic N) is 2. The Morgan fingerprint density at radius 1 is 1.25 bits per heavy atom. The van der Waals surface area contributed by atoms with Gasteiger partial charge in [-0.25, -0.2) is 11.4 Å². The van der Waals surface area contributed by atoms with Crippen LogP contribution in [0.1, 0.15) is 58.3 Å².